The number of nitrogens with zero attached hydrogens (tertiary/aromatic N) is 4. The van der Waals surface area contributed by atoms with Crippen molar-refractivity contribution >= 4 is 88.6 Å². The first-order valence-electron chi connectivity index (χ1n) is 21.3. The van der Waals surface area contributed by atoms with Crippen LogP contribution in [-0.4, -0.2) is 27.6 Å². The molecule has 0 aliphatic rings. The second kappa shape index (κ2) is 16.2. The second-order valence-corrected chi connectivity index (χ2v) is 23.3. The van der Waals surface area contributed by atoms with Gasteiger partial charge in [-0.1, -0.05) is 105 Å². The quantitative estimate of drug-likeness (QED) is 0.127. The van der Waals surface area contributed by atoms with E-state index in [1.807, 2.05) is 74.7 Å². The van der Waals surface area contributed by atoms with Gasteiger partial charge in [0.2, 0.25) is 5.71 Å². The molecule has 0 amide bonds. The van der Waals surface area contributed by atoms with Crippen LogP contribution in [0.25, 0.3) is 92.4 Å². The van der Waals surface area contributed by atoms with Crippen molar-refractivity contribution in [1.82, 2.24) is 19.5 Å². The molecule has 5 heterocycles. The number of benzene rings is 6. The molecule has 8 heteroatoms. The summed E-state index contributed by atoms with van der Waals surface area (Å²) in [5.74, 6) is 0.205. The van der Waals surface area contributed by atoms with E-state index in [0.717, 1.165) is 72.4 Å². The molecule has 0 N–H and O–H groups in total. The number of fused-ring (bicyclic) bond motifs is 9. The number of aromatic nitrogens is 4. The van der Waals surface area contributed by atoms with Gasteiger partial charge in [0.25, 0.3) is 0 Å². The number of pyridine rings is 2. The van der Waals surface area contributed by atoms with Crippen LogP contribution in [0, 0.1) is 32.9 Å². The van der Waals surface area contributed by atoms with Crippen molar-refractivity contribution in [2.75, 3.05) is 0 Å². The van der Waals surface area contributed by atoms with E-state index in [4.69, 9.17) is 10.8 Å². The largest absolute Gasteiger partial charge is 0.486 e. The van der Waals surface area contributed by atoms with E-state index in [0.29, 0.717) is 5.71 Å². The van der Waals surface area contributed by atoms with Crippen molar-refractivity contribution in [3.8, 4) is 28.3 Å². The molecular weight excluding hydrogens is 973 g/mol. The van der Waals surface area contributed by atoms with Gasteiger partial charge in [-0.25, -0.2) is 4.98 Å². The zero-order valence-electron chi connectivity index (χ0n) is 37.1. The van der Waals surface area contributed by atoms with E-state index in [9.17, 15) is 0 Å². The Hall–Kier alpha value is -5.76. The molecule has 0 spiro atoms. The average molecular weight is 1020 g/mol. The zero-order valence-corrected chi connectivity index (χ0v) is 40.3. The minimum Gasteiger partial charge on any atom is -0.486 e. The first-order valence-corrected chi connectivity index (χ1v) is 25.1. The smallest absolute Gasteiger partial charge is 0.216 e. The molecule has 0 bridgehead atoms. The van der Waals surface area contributed by atoms with Crippen molar-refractivity contribution in [3.05, 3.63) is 162 Å². The normalized spacial score (nSPS) is 12.3. The van der Waals surface area contributed by atoms with Crippen LogP contribution in [0.4, 0.5) is 0 Å². The van der Waals surface area contributed by atoms with Crippen LogP contribution in [0.5, 0.6) is 0 Å². The molecule has 11 rings (SSSR count). The van der Waals surface area contributed by atoms with Crippen molar-refractivity contribution in [2.24, 2.45) is 0 Å². The Morgan fingerprint density at radius 2 is 1.53 bits per heavy atom. The molecule has 0 unspecified atom stereocenters. The van der Waals surface area contributed by atoms with Gasteiger partial charge in [0.05, 0.1) is 30.5 Å². The fourth-order valence-electron chi connectivity index (χ4n) is 8.79. The first kappa shape index (κ1) is 40.3. The summed E-state index contributed by atoms with van der Waals surface area (Å²) in [6, 6.07) is 48.7. The van der Waals surface area contributed by atoms with Crippen molar-refractivity contribution in [1.29, 1.82) is 0 Å². The van der Waals surface area contributed by atoms with Crippen LogP contribution >= 0.6 is 11.3 Å². The maximum atomic E-state index is 8.44. The molecule has 0 fully saturated rings. The van der Waals surface area contributed by atoms with Gasteiger partial charge >= 0.3 is 0 Å². The number of hydrogen-bond donors (Lipinski definition) is 0. The molecule has 5 aromatic heterocycles. The molecule has 0 saturated carbocycles. The van der Waals surface area contributed by atoms with Gasteiger partial charge < -0.3 is 14.0 Å². The van der Waals surface area contributed by atoms with E-state index >= 15 is 0 Å². The van der Waals surface area contributed by atoms with Crippen molar-refractivity contribution < 1.29 is 25.9 Å². The molecule has 0 aliphatic heterocycles. The molecule has 0 saturated heterocycles. The Kier molecular flexibility index (Phi) is 10.5. The van der Waals surface area contributed by atoms with Gasteiger partial charge in [-0.15, -0.1) is 65.4 Å². The third kappa shape index (κ3) is 7.09. The molecule has 6 aromatic carbocycles. The zero-order chi connectivity index (χ0) is 43.1. The summed E-state index contributed by atoms with van der Waals surface area (Å²) in [7, 11) is -1.50. The molecular formula is C54H46IrN4OSSi-2. The number of thiophene rings is 1. The number of aryl methyl sites for hydroxylation is 3. The Morgan fingerprint density at radius 3 is 2.31 bits per heavy atom. The molecule has 0 aliphatic carbocycles. The predicted molar refractivity (Wildman–Crippen MR) is 261 cm³/mol. The van der Waals surface area contributed by atoms with Crippen LogP contribution in [0.2, 0.25) is 19.6 Å². The van der Waals surface area contributed by atoms with Crippen LogP contribution in [0.3, 0.4) is 0 Å². The van der Waals surface area contributed by atoms with Crippen molar-refractivity contribution in [3.63, 3.8) is 0 Å². The molecule has 0 atom stereocenters. The molecule has 62 heavy (non-hydrogen) atoms. The van der Waals surface area contributed by atoms with Gasteiger partial charge in [-0.2, -0.15) is 0 Å². The second-order valence-electron chi connectivity index (χ2n) is 17.2. The molecule has 309 valence electrons. The maximum absolute atomic E-state index is 8.44. The third-order valence-electron chi connectivity index (χ3n) is 11.7. The monoisotopic (exact) mass is 1020 g/mol. The SMILES string of the molecule is Cc1ccc2c(n1)oc1c(-c3nc4ccc5ccccc5c4n3-c3c(C)cc4c(sc5ccccc54)c3C)[c-]ccc12.[2H]C(C)(C)c1cc(-c2[c-]cccc2)ncc1[Si](C)(C)C.[Ir]. The van der Waals surface area contributed by atoms with E-state index < -0.39 is 14.0 Å². The third-order valence-corrected chi connectivity index (χ3v) is 15.0. The maximum Gasteiger partial charge on any atom is 0.216 e. The van der Waals surface area contributed by atoms with E-state index in [1.165, 1.54) is 41.9 Å². The van der Waals surface area contributed by atoms with E-state index in [1.54, 1.807) is 0 Å². The van der Waals surface area contributed by atoms with Crippen LogP contribution < -0.4 is 5.19 Å². The summed E-state index contributed by atoms with van der Waals surface area (Å²) in [5, 5.41) is 8.25. The van der Waals surface area contributed by atoms with Crippen molar-refractivity contribution in [2.45, 2.75) is 60.2 Å². The fourth-order valence-corrected chi connectivity index (χ4v) is 11.6. The Labute approximate surface area is 382 Å². The van der Waals surface area contributed by atoms with Gasteiger partial charge in [0.1, 0.15) is 0 Å². The Morgan fingerprint density at radius 1 is 0.758 bits per heavy atom. The summed E-state index contributed by atoms with van der Waals surface area (Å²) in [6.45, 7) is 17.2. The number of rotatable bonds is 5. The minimum atomic E-state index is -1.50. The Balaban J connectivity index is 0.000000204. The van der Waals surface area contributed by atoms with Gasteiger partial charge in [-0.3, -0.25) is 4.98 Å². The van der Waals surface area contributed by atoms with Gasteiger partial charge in [0, 0.05) is 70.0 Å². The molecule has 1 radical (unpaired) electrons. The average Bonchev–Trinajstić information content (AvgIpc) is 3.95. The summed E-state index contributed by atoms with van der Waals surface area (Å²) in [5.41, 5.74) is 11.8. The molecule has 11 aromatic rings. The van der Waals surface area contributed by atoms with Gasteiger partial charge in [0.15, 0.2) is 0 Å². The number of furan rings is 1. The van der Waals surface area contributed by atoms with Crippen LogP contribution in [0.15, 0.2) is 132 Å². The van der Waals surface area contributed by atoms with Crippen LogP contribution in [0.1, 0.15) is 43.5 Å². The summed E-state index contributed by atoms with van der Waals surface area (Å²) in [4.78, 5) is 14.6. The minimum absolute atomic E-state index is 0. The predicted octanol–water partition coefficient (Wildman–Crippen LogP) is 14.4. The van der Waals surface area contributed by atoms with Crippen LogP contribution in [-0.2, 0) is 20.1 Å². The Bertz CT molecular complexity index is 3540. The molecule has 5 nitrogen and oxygen atoms in total. The van der Waals surface area contributed by atoms with E-state index in [2.05, 4.69) is 145 Å². The first-order chi connectivity index (χ1) is 29.8. The summed E-state index contributed by atoms with van der Waals surface area (Å²) in [6.07, 6.45) is 1.98. The standard InChI is InChI=1S/C37H24N3OS.C17H22NSi.Ir/c1-20-19-29-25-11-6-7-14-31(25)42-35(29)22(3)32(20)40-33-24-10-5-4-9-23(24)16-18-30(33)39-36(40)28-13-8-12-26-27-17-15-21(2)38-37(27)41-34(26)28;1-13(2)15-11-16(14-9-7-6-8-10-14)18-12-17(15)19(3,4)5;/h4-12,14-19H,1-3H3;6-9,11-13H,1-5H3;/q2*-1;/i;13D;. The fraction of sp³-hybridized carbons (Fsp3) is 0.167. The summed E-state index contributed by atoms with van der Waals surface area (Å²) >= 11 is 1.86. The summed E-state index contributed by atoms with van der Waals surface area (Å²) < 4.78 is 19.9. The topological polar surface area (TPSA) is 56.7 Å². The van der Waals surface area contributed by atoms with Gasteiger partial charge in [-0.05, 0) is 84.4 Å². The number of imidazole rings is 1. The van der Waals surface area contributed by atoms with E-state index in [-0.39, 0.29) is 20.1 Å². The number of hydrogen-bond acceptors (Lipinski definition) is 5.